The number of carboxylic acids is 1. The fraction of sp³-hybridized carbons (Fsp3) is 0.548. The van der Waals surface area contributed by atoms with E-state index < -0.39 is 139 Å². The molecule has 3 aromatic rings. The van der Waals surface area contributed by atoms with Crippen LogP contribution in [0.1, 0.15) is 169 Å². The first-order valence-electron chi connectivity index (χ1n) is 36.1. The number of amides is 10. The maximum absolute atomic E-state index is 14.9. The van der Waals surface area contributed by atoms with Crippen LogP contribution in [-0.2, 0) is 63.1 Å². The van der Waals surface area contributed by atoms with Crippen molar-refractivity contribution in [3.05, 3.63) is 89.0 Å². The van der Waals surface area contributed by atoms with Crippen molar-refractivity contribution in [2.24, 2.45) is 5.73 Å². The number of carbonyl (C=O) groups excluding carboxylic acids is 11. The van der Waals surface area contributed by atoms with Crippen LogP contribution < -0.4 is 37.1 Å². The highest BCUT2D eigenvalue weighted by Crippen LogP contribution is 2.57. The number of hydrogen-bond donors (Lipinski definition) is 10. The van der Waals surface area contributed by atoms with Gasteiger partial charge in [-0.1, -0.05) is 25.0 Å². The highest BCUT2D eigenvalue weighted by atomic mass is 32.1. The number of carbonyl (C=O) groups is 12. The number of aliphatic hydroxyl groups excluding tert-OH is 1. The van der Waals surface area contributed by atoms with Crippen LogP contribution in [0.25, 0.3) is 0 Å². The number of phenols is 2. The number of ether oxygens (including phenoxy) is 2. The van der Waals surface area contributed by atoms with E-state index in [0.717, 1.165) is 12.8 Å². The number of benzene rings is 3. The van der Waals surface area contributed by atoms with Crippen LogP contribution in [0.15, 0.2) is 66.7 Å². The van der Waals surface area contributed by atoms with Crippen LogP contribution in [0.3, 0.4) is 0 Å². The molecular weight excluding hydrogens is 1360 g/mol. The maximum atomic E-state index is 14.9. The molecule has 0 radical (unpaired) electrons. The third-order valence-electron chi connectivity index (χ3n) is 20.4. The maximum Gasteiger partial charge on any atom is 0.340 e. The van der Waals surface area contributed by atoms with E-state index in [1.165, 1.54) is 62.6 Å². The summed E-state index contributed by atoms with van der Waals surface area (Å²) in [5.41, 5.74) is 6.32. The SMILES string of the molecule is C[C@@H]1NC(=O)[C@H]([C@@H](C)O)NC(=O)[C@@H]2CCCN2C(=O)CN(C(=O)[C@@H]2CCCN2C(=O)CCCCNC(=S)Nc2ccc3c(c2)C2(OC3=O)c3ccc(O)cc3Oc3cc(O)ccc32)CCCC=CCCCCCCN(CC(N)=O)C(=O)[C@H](CCC(=O)O)NC(=O)[C@@H]2CCCN2C(=O)[C@@H]2CCCN2C1=O. The van der Waals surface area contributed by atoms with E-state index in [4.69, 9.17) is 27.4 Å². The van der Waals surface area contributed by atoms with Gasteiger partial charge in [0, 0.05) is 93.2 Å². The second-order valence-electron chi connectivity index (χ2n) is 27.8. The van der Waals surface area contributed by atoms with Crippen molar-refractivity contribution in [1.82, 2.24) is 50.7 Å². The predicted octanol–water partition coefficient (Wildman–Crippen LogP) is 3.25. The van der Waals surface area contributed by atoms with Crippen LogP contribution in [0.2, 0.25) is 0 Å². The summed E-state index contributed by atoms with van der Waals surface area (Å²) in [6.07, 6.45) is 9.61. The quantitative estimate of drug-likeness (QED) is 0.0508. The number of rotatable bonds is 13. The number of anilines is 1. The second-order valence-corrected chi connectivity index (χ2v) is 28.2. The molecule has 10 amide bonds. The Morgan fingerprint density at radius 2 is 1.29 bits per heavy atom. The summed E-state index contributed by atoms with van der Waals surface area (Å²) in [6, 6.07) is 5.64. The minimum Gasteiger partial charge on any atom is -0.508 e. The lowest BCUT2D eigenvalue weighted by atomic mass is 9.77. The Labute approximate surface area is 607 Å². The number of nitrogens with two attached hydrogens (primary N) is 1. The first-order valence-corrected chi connectivity index (χ1v) is 36.5. The third kappa shape index (κ3) is 17.8. The molecule has 7 aliphatic rings. The van der Waals surface area contributed by atoms with Crippen molar-refractivity contribution < 1.29 is 87.4 Å². The number of aliphatic carboxylic acids is 1. The standard InChI is InChI=1S/C73H94N12O18S/c1-43-67(97)85-37-17-21-56(85)70(100)84-36-15-19-54(84)64(94)78-52(29-30-62(92)93)68(98)80(41-59(74)89)32-12-8-6-4-3-5-7-9-13-33-81(42-61(91)82-34-14-18-53(82)65(95)79-63(44(2)86)66(96)76-43)69(99)55-20-16-35-83(55)60(90)22-10-11-31-75-72(104)77-45-23-26-48-51(38-45)73(103-71(48)101)49-27-24-46(87)39-57(49)102-58-40-47(88)25-28-50(58)73/h5,7,23-28,38-40,43-44,52-56,63,86-88H,3-4,6,8-22,29-37,41-42H2,1-2H3,(H2,74,89)(H,76,96)(H,78,94)(H,79,95)(H,92,93)(H2,75,77,104)/t43-,44+,52-,53-,54-,55-,56-,63-/m0/s1. The number of allylic oxidation sites excluding steroid dienone is 2. The van der Waals surface area contributed by atoms with Crippen molar-refractivity contribution >= 4 is 94.0 Å². The monoisotopic (exact) mass is 1460 g/mol. The van der Waals surface area contributed by atoms with Gasteiger partial charge in [-0.2, -0.15) is 0 Å². The molecule has 3 aromatic carbocycles. The van der Waals surface area contributed by atoms with Crippen molar-refractivity contribution in [3.63, 3.8) is 0 Å². The van der Waals surface area contributed by atoms with Crippen LogP contribution in [0.5, 0.6) is 23.0 Å². The summed E-state index contributed by atoms with van der Waals surface area (Å²) in [7, 11) is 0. The molecule has 0 saturated carbocycles. The number of nitrogens with one attached hydrogen (secondary N) is 5. The van der Waals surface area contributed by atoms with Gasteiger partial charge in [-0.25, -0.2) is 4.79 Å². The number of aromatic hydroxyl groups is 2. The van der Waals surface area contributed by atoms with Crippen molar-refractivity contribution in [2.75, 3.05) is 64.2 Å². The highest BCUT2D eigenvalue weighted by Gasteiger charge is 2.54. The Morgan fingerprint density at radius 3 is 1.96 bits per heavy atom. The molecule has 0 unspecified atom stereocenters. The summed E-state index contributed by atoms with van der Waals surface area (Å²) < 4.78 is 12.3. The van der Waals surface area contributed by atoms with E-state index >= 15 is 0 Å². The smallest absolute Gasteiger partial charge is 0.340 e. The number of aliphatic hydroxyl groups is 1. The van der Waals surface area contributed by atoms with Gasteiger partial charge >= 0.3 is 11.9 Å². The number of nitrogens with zero attached hydrogens (tertiary/aromatic N) is 6. The van der Waals surface area contributed by atoms with E-state index in [-0.39, 0.29) is 98.8 Å². The van der Waals surface area contributed by atoms with Crippen LogP contribution in [0.4, 0.5) is 5.69 Å². The van der Waals surface area contributed by atoms with E-state index in [0.29, 0.717) is 118 Å². The summed E-state index contributed by atoms with van der Waals surface area (Å²) in [4.78, 5) is 175. The van der Waals surface area contributed by atoms with Gasteiger partial charge in [-0.3, -0.25) is 52.7 Å². The Hall–Kier alpha value is -9.91. The number of esters is 1. The zero-order valence-electron chi connectivity index (χ0n) is 58.6. The molecule has 1 spiro atoms. The first-order chi connectivity index (χ1) is 49.8. The molecule has 8 atom stereocenters. The van der Waals surface area contributed by atoms with E-state index in [2.05, 4.69) is 26.6 Å². The lowest BCUT2D eigenvalue weighted by molar-refractivity contribution is -0.149. The largest absolute Gasteiger partial charge is 0.508 e. The fourth-order valence-corrected chi connectivity index (χ4v) is 15.4. The average molecular weight is 1460 g/mol. The molecular formula is C73H94N12O18S. The minimum atomic E-state index is -1.61. The Kier molecular flexibility index (Phi) is 25.5. The molecule has 10 rings (SSSR count). The Balaban J connectivity index is 0.785. The topological polar surface area (TPSA) is 410 Å². The molecule has 560 valence electrons. The lowest BCUT2D eigenvalue weighted by Crippen LogP contribution is -2.60. The molecule has 11 N–H and O–H groups in total. The van der Waals surface area contributed by atoms with E-state index in [1.54, 1.807) is 35.2 Å². The summed E-state index contributed by atoms with van der Waals surface area (Å²) in [5, 5.41) is 55.8. The molecule has 30 nitrogen and oxygen atoms in total. The number of thiocarbonyl (C=S) groups is 1. The van der Waals surface area contributed by atoms with Crippen LogP contribution in [-0.4, -0.2) is 233 Å². The molecule has 4 fully saturated rings. The molecule has 0 aromatic heterocycles. The lowest BCUT2D eigenvalue weighted by Gasteiger charge is -2.36. The highest BCUT2D eigenvalue weighted by molar-refractivity contribution is 7.80. The molecule has 7 aliphatic heterocycles. The number of primary amides is 1. The van der Waals surface area contributed by atoms with Crippen molar-refractivity contribution in [3.8, 4) is 23.0 Å². The van der Waals surface area contributed by atoms with Crippen molar-refractivity contribution in [1.29, 1.82) is 0 Å². The minimum absolute atomic E-state index is 0.0783. The number of likely N-dealkylation sites (tertiary alicyclic amines) is 1. The Bertz CT molecular complexity index is 3780. The molecule has 0 bridgehead atoms. The fourth-order valence-electron chi connectivity index (χ4n) is 15.2. The van der Waals surface area contributed by atoms with Crippen LogP contribution >= 0.6 is 12.2 Å². The van der Waals surface area contributed by atoms with Gasteiger partial charge in [-0.05, 0) is 171 Å². The summed E-state index contributed by atoms with van der Waals surface area (Å²) in [6.45, 7) is 3.04. The van der Waals surface area contributed by atoms with Crippen LogP contribution in [0, 0.1) is 0 Å². The molecule has 4 saturated heterocycles. The van der Waals surface area contributed by atoms with E-state index in [1.807, 2.05) is 12.2 Å². The van der Waals surface area contributed by atoms with Gasteiger partial charge in [0.15, 0.2) is 10.7 Å². The van der Waals surface area contributed by atoms with Gasteiger partial charge in [-0.15, -0.1) is 0 Å². The summed E-state index contributed by atoms with van der Waals surface area (Å²) >= 11 is 5.69. The number of carboxylic acid groups (broad SMARTS) is 1. The number of phenolic OH excluding ortho intramolecular Hbond substituents is 2. The number of hydrogen-bond acceptors (Lipinski definition) is 18. The van der Waals surface area contributed by atoms with E-state index in [9.17, 15) is 78.0 Å². The van der Waals surface area contributed by atoms with Gasteiger partial charge in [0.05, 0.1) is 24.8 Å². The normalized spacial score (nSPS) is 24.2. The molecule has 104 heavy (non-hydrogen) atoms. The molecule has 31 heteroatoms. The van der Waals surface area contributed by atoms with Gasteiger partial charge in [0.2, 0.25) is 59.1 Å². The predicted molar refractivity (Wildman–Crippen MR) is 379 cm³/mol. The van der Waals surface area contributed by atoms with Gasteiger partial charge in [0.25, 0.3) is 0 Å². The first kappa shape index (κ1) is 76.7. The van der Waals surface area contributed by atoms with Gasteiger partial charge < -0.3 is 91.6 Å². The number of fused-ring (bicyclic) bond motifs is 9. The van der Waals surface area contributed by atoms with Crippen molar-refractivity contribution in [2.45, 2.75) is 196 Å². The zero-order valence-corrected chi connectivity index (χ0v) is 59.5. The average Bonchev–Trinajstić information content (AvgIpc) is 1.50. The summed E-state index contributed by atoms with van der Waals surface area (Å²) in [5.74, 6) is -7.83. The number of unbranched alkanes of at least 4 members (excludes halogenated alkanes) is 1. The Morgan fingerprint density at radius 1 is 0.663 bits per heavy atom. The molecule has 0 aliphatic carbocycles. The molecule has 7 heterocycles. The third-order valence-corrected chi connectivity index (χ3v) is 20.6. The zero-order chi connectivity index (χ0) is 74.5. The second kappa shape index (κ2) is 34.6. The van der Waals surface area contributed by atoms with Gasteiger partial charge in [0.1, 0.15) is 65.3 Å².